The average molecular weight is 530 g/mol. The molecule has 2 radical (unpaired) electrons. The number of hydrogen-bond donors (Lipinski definition) is 3. The van der Waals surface area contributed by atoms with E-state index < -0.39 is 17.7 Å². The first kappa shape index (κ1) is 25.8. The first-order valence-corrected chi connectivity index (χ1v) is 12.3. The van der Waals surface area contributed by atoms with Crippen LogP contribution in [0.25, 0.3) is 11.4 Å². The number of carbonyl (C=O) groups excluding carboxylic acids is 2. The molecule has 0 unspecified atom stereocenters. The van der Waals surface area contributed by atoms with Gasteiger partial charge >= 0.3 is 209 Å². The topological polar surface area (TPSA) is 123 Å². The Morgan fingerprint density at radius 3 is 2.44 bits per heavy atom. The number of phenolic OH excluding ortho intramolecular Hbond substituents is 1. The summed E-state index contributed by atoms with van der Waals surface area (Å²) in [5.74, 6) is 0.396. The van der Waals surface area contributed by atoms with Crippen molar-refractivity contribution in [3.8, 4) is 17.1 Å². The van der Waals surface area contributed by atoms with Crippen molar-refractivity contribution in [1.29, 1.82) is 0 Å². The van der Waals surface area contributed by atoms with Crippen molar-refractivity contribution >= 4 is 39.1 Å². The van der Waals surface area contributed by atoms with E-state index in [1.54, 1.807) is 31.2 Å². The van der Waals surface area contributed by atoms with Gasteiger partial charge in [0.2, 0.25) is 0 Å². The van der Waals surface area contributed by atoms with Crippen LogP contribution in [0.5, 0.6) is 5.75 Å². The maximum atomic E-state index is 12.6. The van der Waals surface area contributed by atoms with E-state index in [4.69, 9.17) is 9.47 Å². The summed E-state index contributed by atoms with van der Waals surface area (Å²) >= 11 is 2.35. The molecule has 1 heterocycles. The fraction of sp³-hybridized carbons (Fsp3) is 0.500. The molecule has 34 heavy (non-hydrogen) atoms. The molecule has 3 rings (SSSR count). The molecule has 182 valence electrons. The summed E-state index contributed by atoms with van der Waals surface area (Å²) in [5.41, 5.74) is 0.222. The Bertz CT molecular complexity index is 1030. The Hall–Kier alpha value is -2.80. The Labute approximate surface area is 208 Å². The molecule has 1 aromatic carbocycles. The van der Waals surface area contributed by atoms with Gasteiger partial charge in [0.15, 0.2) is 0 Å². The zero-order chi connectivity index (χ0) is 24.9. The minimum atomic E-state index is -0.532. The predicted octanol–water partition coefficient (Wildman–Crippen LogP) is 3.07. The van der Waals surface area contributed by atoms with E-state index >= 15 is 0 Å². The molecular formula is C24H31AsN4O5. The summed E-state index contributed by atoms with van der Waals surface area (Å²) in [4.78, 5) is 33.7. The Morgan fingerprint density at radius 1 is 1.15 bits per heavy atom. The molecule has 10 heteroatoms. The summed E-state index contributed by atoms with van der Waals surface area (Å²) in [6, 6.07) is 6.73. The Morgan fingerprint density at radius 2 is 1.82 bits per heavy atom. The third-order valence-corrected chi connectivity index (χ3v) is 6.13. The molecule has 1 aliphatic rings. The number of nitrogens with zero attached hydrogens (tertiary/aromatic N) is 2. The zero-order valence-corrected chi connectivity index (χ0v) is 21.8. The van der Waals surface area contributed by atoms with E-state index in [0.29, 0.717) is 21.6 Å². The van der Waals surface area contributed by atoms with Crippen molar-refractivity contribution in [3.05, 3.63) is 30.0 Å². The number of alkyl carbamates (subject to hydrolysis) is 1. The number of esters is 1. The SMILES string of the molecule is CCOC(=O)c1nc(-c2cccc(O)c2)nc(NC2CCC(NC(=O)OC(C)(C)C)CC2)c1[As]. The molecule has 0 spiro atoms. The number of anilines is 1. The zero-order valence-electron chi connectivity index (χ0n) is 19.9. The fourth-order valence-corrected chi connectivity index (χ4v) is 4.26. The minimum absolute atomic E-state index is 0.0492. The van der Waals surface area contributed by atoms with Crippen molar-refractivity contribution in [2.75, 3.05) is 11.9 Å². The third kappa shape index (κ3) is 7.10. The van der Waals surface area contributed by atoms with Gasteiger partial charge in [-0.1, -0.05) is 0 Å². The van der Waals surface area contributed by atoms with Gasteiger partial charge in [0.1, 0.15) is 0 Å². The first-order valence-electron chi connectivity index (χ1n) is 11.4. The molecule has 9 nitrogen and oxygen atoms in total. The van der Waals surface area contributed by atoms with Crippen LogP contribution in [0.15, 0.2) is 24.3 Å². The molecule has 0 atom stereocenters. The van der Waals surface area contributed by atoms with Gasteiger partial charge in [0.25, 0.3) is 0 Å². The van der Waals surface area contributed by atoms with E-state index in [0.717, 1.165) is 25.7 Å². The van der Waals surface area contributed by atoms with E-state index in [-0.39, 0.29) is 30.1 Å². The molecular weight excluding hydrogens is 499 g/mol. The average Bonchev–Trinajstić information content (AvgIpc) is 2.75. The second-order valence-electron chi connectivity index (χ2n) is 9.20. The van der Waals surface area contributed by atoms with Crippen LogP contribution in [-0.4, -0.2) is 68.3 Å². The summed E-state index contributed by atoms with van der Waals surface area (Å²) in [6.07, 6.45) is 2.81. The summed E-state index contributed by atoms with van der Waals surface area (Å²) in [7, 11) is 0. The summed E-state index contributed by atoms with van der Waals surface area (Å²) in [6.45, 7) is 7.49. The maximum absolute atomic E-state index is 12.6. The number of carbonyl (C=O) groups is 2. The molecule has 0 saturated heterocycles. The van der Waals surface area contributed by atoms with Gasteiger partial charge in [-0.2, -0.15) is 0 Å². The summed E-state index contributed by atoms with van der Waals surface area (Å²) < 4.78 is 11.1. The molecule has 1 fully saturated rings. The van der Waals surface area contributed by atoms with Crippen molar-refractivity contribution in [3.63, 3.8) is 0 Å². The standard InChI is InChI=1S/C24H31AsN4O5/c1-5-33-22(31)19-18(25)21(29-20(28-19)14-7-6-8-17(30)13-14)26-15-9-11-16(12-10-15)27-23(32)34-24(2,3)4/h6-8,13,15-16,30H,5,9-12H2,1-4H3,(H,27,32)(H,26,28,29). The van der Waals surface area contributed by atoms with Crippen molar-refractivity contribution in [2.45, 2.75) is 71.1 Å². The van der Waals surface area contributed by atoms with Gasteiger partial charge in [-0.25, -0.2) is 0 Å². The van der Waals surface area contributed by atoms with Crippen LogP contribution in [-0.2, 0) is 9.47 Å². The van der Waals surface area contributed by atoms with Crippen LogP contribution in [0.2, 0.25) is 0 Å². The van der Waals surface area contributed by atoms with Gasteiger partial charge in [-0.05, 0) is 0 Å². The summed E-state index contributed by atoms with van der Waals surface area (Å²) in [5, 5.41) is 16.3. The number of rotatable bonds is 6. The number of benzene rings is 1. The Kier molecular flexibility index (Phi) is 8.41. The molecule has 2 aromatic rings. The first-order chi connectivity index (χ1) is 16.1. The monoisotopic (exact) mass is 530 g/mol. The van der Waals surface area contributed by atoms with Crippen LogP contribution >= 0.6 is 0 Å². The van der Waals surface area contributed by atoms with E-state index in [9.17, 15) is 14.7 Å². The van der Waals surface area contributed by atoms with Gasteiger partial charge in [-0.15, -0.1) is 0 Å². The second-order valence-corrected chi connectivity index (χ2v) is 10.1. The van der Waals surface area contributed by atoms with Crippen molar-refractivity contribution in [2.24, 2.45) is 0 Å². The quantitative estimate of drug-likeness (QED) is 0.385. The van der Waals surface area contributed by atoms with E-state index in [1.165, 1.54) is 0 Å². The molecule has 1 amide bonds. The molecule has 1 aromatic heterocycles. The third-order valence-electron chi connectivity index (χ3n) is 5.25. The van der Waals surface area contributed by atoms with Crippen LogP contribution in [0.4, 0.5) is 10.6 Å². The number of ether oxygens (including phenoxy) is 2. The molecule has 3 N–H and O–H groups in total. The number of nitrogens with one attached hydrogen (secondary N) is 2. The van der Waals surface area contributed by atoms with Gasteiger partial charge < -0.3 is 0 Å². The number of amides is 1. The molecule has 1 aliphatic carbocycles. The second kappa shape index (κ2) is 11.1. The molecule has 1 saturated carbocycles. The normalized spacial score (nSPS) is 18.1. The van der Waals surface area contributed by atoms with Crippen molar-refractivity contribution in [1.82, 2.24) is 15.3 Å². The van der Waals surface area contributed by atoms with Crippen LogP contribution in [0.3, 0.4) is 0 Å². The number of aromatic hydroxyl groups is 1. The van der Waals surface area contributed by atoms with E-state index in [2.05, 4.69) is 37.5 Å². The van der Waals surface area contributed by atoms with Gasteiger partial charge in [0, 0.05) is 0 Å². The molecule has 0 bridgehead atoms. The van der Waals surface area contributed by atoms with E-state index in [1.807, 2.05) is 20.8 Å². The van der Waals surface area contributed by atoms with Gasteiger partial charge in [0.05, 0.1) is 0 Å². The predicted molar refractivity (Wildman–Crippen MR) is 130 cm³/mol. The number of phenols is 1. The van der Waals surface area contributed by atoms with Crippen LogP contribution in [0.1, 0.15) is 63.9 Å². The number of aromatic nitrogens is 2. The van der Waals surface area contributed by atoms with Crippen molar-refractivity contribution < 1.29 is 24.2 Å². The number of hydrogen-bond acceptors (Lipinski definition) is 8. The Balaban J connectivity index is 1.75. The van der Waals surface area contributed by atoms with Gasteiger partial charge in [-0.3, -0.25) is 0 Å². The van der Waals surface area contributed by atoms with Crippen LogP contribution in [0, 0.1) is 0 Å². The molecule has 0 aliphatic heterocycles. The fourth-order valence-electron chi connectivity index (χ4n) is 3.72. The van der Waals surface area contributed by atoms with Crippen LogP contribution < -0.4 is 15.0 Å².